The molecule has 410 valence electrons. The summed E-state index contributed by atoms with van der Waals surface area (Å²) in [6.45, 7) is 0. The van der Waals surface area contributed by atoms with Gasteiger partial charge in [-0.2, -0.15) is 127 Å². The number of alkyl halides is 24. The van der Waals surface area contributed by atoms with Gasteiger partial charge < -0.3 is 0 Å². The Morgan fingerprint density at radius 1 is 0.299 bits per heavy atom. The topological polar surface area (TPSA) is 9.23 Å². The van der Waals surface area contributed by atoms with E-state index >= 15 is 0 Å². The van der Waals surface area contributed by atoms with Gasteiger partial charge >= 0.3 is 49.4 Å². The molecular weight excluding hydrogens is 1120 g/mol. The van der Waals surface area contributed by atoms with Gasteiger partial charge in [-0.3, -0.25) is 4.18 Å². The summed E-state index contributed by atoms with van der Waals surface area (Å²) in [6, 6.07) is 10.7. The molecule has 0 unspecified atom stereocenters. The quantitative estimate of drug-likeness (QED) is 0.0698. The Kier molecular flexibility index (Phi) is 14.6. The maximum Gasteiger partial charge on any atom is 0.416 e. The summed E-state index contributed by atoms with van der Waals surface area (Å²) in [4.78, 5) is 0. The lowest BCUT2D eigenvalue weighted by Gasteiger charge is -2.46. The summed E-state index contributed by atoms with van der Waals surface area (Å²) < 4.78 is 347. The molecule has 0 aliphatic rings. The maximum absolute atomic E-state index is 14.2. The summed E-state index contributed by atoms with van der Waals surface area (Å²) in [6.07, 6.45) is -50.6. The van der Waals surface area contributed by atoms with Gasteiger partial charge in [0.15, 0.2) is 16.9 Å². The van der Waals surface area contributed by atoms with Crippen LogP contribution in [0.2, 0.25) is 0 Å². The molecule has 0 aliphatic heterocycles. The molecule has 0 saturated heterocycles. The van der Waals surface area contributed by atoms with E-state index in [0.717, 1.165) is 5.75 Å². The maximum atomic E-state index is 14.2. The van der Waals surface area contributed by atoms with Crippen LogP contribution in [0.5, 0.6) is 5.75 Å². The van der Waals surface area contributed by atoms with Crippen molar-refractivity contribution >= 4 is 71.5 Å². The van der Waals surface area contributed by atoms with Crippen molar-refractivity contribution in [3.8, 4) is 5.75 Å². The molecule has 77 heavy (non-hydrogen) atoms. The van der Waals surface area contributed by atoms with Gasteiger partial charge in [-0.25, -0.2) is 0 Å². The second-order valence-corrected chi connectivity index (χ2v) is 19.1. The minimum absolute atomic E-state index is 0.0683. The first kappa shape index (κ1) is 58.0. The molecule has 8 rings (SSSR count). The Balaban J connectivity index is 0.000000353. The van der Waals surface area contributed by atoms with E-state index in [4.69, 9.17) is 4.18 Å². The summed E-state index contributed by atoms with van der Waals surface area (Å²) in [7, 11) is 0. The molecular formula is C50H27BF24OS. The Bertz CT molecular complexity index is 3030. The number of hydrogen-bond acceptors (Lipinski definition) is 1. The van der Waals surface area contributed by atoms with E-state index in [1.165, 1.54) is 32.3 Å². The van der Waals surface area contributed by atoms with Gasteiger partial charge in [0, 0.05) is 10.8 Å². The highest BCUT2D eigenvalue weighted by Crippen LogP contribution is 2.43. The number of halogens is 24. The lowest BCUT2D eigenvalue weighted by atomic mass is 9.12. The van der Waals surface area contributed by atoms with Crippen LogP contribution < -0.4 is 26.0 Å². The second-order valence-electron chi connectivity index (χ2n) is 17.5. The third-order valence-corrected chi connectivity index (χ3v) is 12.7. The fourth-order valence-electron chi connectivity index (χ4n) is 9.03. The zero-order valence-electron chi connectivity index (χ0n) is 38.1. The van der Waals surface area contributed by atoms with Crippen molar-refractivity contribution in [3.63, 3.8) is 0 Å². The lowest BCUT2D eigenvalue weighted by Crippen LogP contribution is -2.75. The average Bonchev–Trinajstić information content (AvgIpc) is 3.30. The zero-order valence-corrected chi connectivity index (χ0v) is 38.9. The molecule has 0 heterocycles. The number of benzene rings is 8. The molecule has 0 bridgehead atoms. The molecule has 0 amide bonds. The Hall–Kier alpha value is -6.67. The van der Waals surface area contributed by atoms with E-state index in [-0.39, 0.29) is 11.2 Å². The van der Waals surface area contributed by atoms with Crippen molar-refractivity contribution in [1.29, 1.82) is 0 Å². The van der Waals surface area contributed by atoms with Crippen molar-refractivity contribution < 1.29 is 110 Å². The first-order valence-corrected chi connectivity index (χ1v) is 23.2. The van der Waals surface area contributed by atoms with Crippen molar-refractivity contribution in [3.05, 3.63) is 172 Å². The Labute approximate surface area is 419 Å². The molecule has 0 aliphatic carbocycles. The van der Waals surface area contributed by atoms with Crippen LogP contribution in [0.25, 0.3) is 32.3 Å². The van der Waals surface area contributed by atoms with Crippen molar-refractivity contribution in [2.24, 2.45) is 0 Å². The standard InChI is InChI=1S/C32H12BF24.C18H15OS/c34-25(35,36)13-1-14(26(37,38)39)6-21(5-13)33(22-7-15(27(40,41)42)2-16(8-22)28(43,44)45,23-9-17(29(46,47)48)3-18(10-23)30(49,50)51)24-11-19(31(52,53)54)4-20(12-24)32(55,56)57;1-20(2)19-16-11-9-14-7-6-12-4-3-5-13-8-10-15(16)18(14)17(12)13/h1-12H;3-11H,1-2H3/q-1;+1. The van der Waals surface area contributed by atoms with E-state index in [1.54, 1.807) is 0 Å². The largest absolute Gasteiger partial charge is 0.416 e. The molecule has 0 radical (unpaired) electrons. The lowest BCUT2D eigenvalue weighted by molar-refractivity contribution is -0.144. The molecule has 0 saturated carbocycles. The molecule has 0 N–H and O–H groups in total. The van der Waals surface area contributed by atoms with Crippen LogP contribution in [0.4, 0.5) is 105 Å². The SMILES string of the molecule is C[S+](C)Oc1ccc2ccc3cccc4ccc1c2c34.FC(F)(F)c1cc([B-](c2cc(C(F)(F)F)cc(C(F)(F)F)c2)(c2cc(C(F)(F)F)cc(C(F)(F)F)c2)c2cc(C(F)(F)F)cc(C(F)(F)F)c2)cc(C(F)(F)F)c1. The number of rotatable bonds is 6. The molecule has 0 aromatic heterocycles. The summed E-state index contributed by atoms with van der Waals surface area (Å²) >= 11 is -0.0683. The first-order chi connectivity index (χ1) is 35.0. The van der Waals surface area contributed by atoms with Gasteiger partial charge in [0.25, 0.3) is 0 Å². The highest BCUT2D eigenvalue weighted by atomic mass is 32.2. The third-order valence-electron chi connectivity index (χ3n) is 12.2. The van der Waals surface area contributed by atoms with Crippen molar-refractivity contribution in [2.45, 2.75) is 49.4 Å². The van der Waals surface area contributed by atoms with Crippen LogP contribution in [0.3, 0.4) is 0 Å². The highest BCUT2D eigenvalue weighted by molar-refractivity contribution is 7.91. The smallest absolute Gasteiger partial charge is 0.286 e. The molecule has 0 spiro atoms. The molecule has 0 fully saturated rings. The molecule has 27 heteroatoms. The summed E-state index contributed by atoms with van der Waals surface area (Å²) in [5.74, 6) is 0.990. The minimum atomic E-state index is -6.13. The van der Waals surface area contributed by atoms with Crippen LogP contribution in [-0.2, 0) is 60.6 Å². The molecule has 0 atom stereocenters. The number of hydrogen-bond donors (Lipinski definition) is 0. The van der Waals surface area contributed by atoms with Crippen LogP contribution in [0, 0.1) is 0 Å². The van der Waals surface area contributed by atoms with E-state index in [2.05, 4.69) is 67.1 Å². The Morgan fingerprint density at radius 3 is 0.779 bits per heavy atom. The van der Waals surface area contributed by atoms with Gasteiger partial charge in [-0.05, 0) is 57.9 Å². The van der Waals surface area contributed by atoms with Gasteiger partial charge in [0.2, 0.25) is 0 Å². The zero-order chi connectivity index (χ0) is 57.6. The van der Waals surface area contributed by atoms with Crippen LogP contribution in [-0.4, -0.2) is 18.7 Å². The van der Waals surface area contributed by atoms with Gasteiger partial charge in [-0.1, -0.05) is 91.0 Å². The van der Waals surface area contributed by atoms with E-state index in [1.807, 2.05) is 0 Å². The summed E-state index contributed by atoms with van der Waals surface area (Å²) in [5.41, 5.74) is -30.2. The fourth-order valence-corrected chi connectivity index (χ4v) is 9.54. The van der Waals surface area contributed by atoms with Gasteiger partial charge in [0.1, 0.15) is 18.7 Å². The molecule has 8 aromatic rings. The predicted octanol–water partition coefficient (Wildman–Crippen LogP) is 16.0. The summed E-state index contributed by atoms with van der Waals surface area (Å²) in [5, 5.41) is 7.76. The van der Waals surface area contributed by atoms with E-state index in [0.29, 0.717) is 0 Å². The fraction of sp³-hybridized carbons (Fsp3) is 0.200. The molecule has 1 nitrogen and oxygen atoms in total. The van der Waals surface area contributed by atoms with Crippen molar-refractivity contribution in [1.82, 2.24) is 0 Å². The van der Waals surface area contributed by atoms with Gasteiger partial charge in [0.05, 0.1) is 44.5 Å². The normalized spacial score (nSPS) is 13.7. The van der Waals surface area contributed by atoms with E-state index in [9.17, 15) is 105 Å². The third kappa shape index (κ3) is 11.9. The van der Waals surface area contributed by atoms with Crippen LogP contribution >= 0.6 is 0 Å². The van der Waals surface area contributed by atoms with Gasteiger partial charge in [-0.15, -0.1) is 0 Å². The average molecular weight is 1140 g/mol. The monoisotopic (exact) mass is 1140 g/mol. The first-order valence-electron chi connectivity index (χ1n) is 21.3. The van der Waals surface area contributed by atoms with Crippen LogP contribution in [0.1, 0.15) is 44.5 Å². The minimum Gasteiger partial charge on any atom is -0.286 e. The highest BCUT2D eigenvalue weighted by Gasteiger charge is 2.47. The van der Waals surface area contributed by atoms with Crippen molar-refractivity contribution in [2.75, 3.05) is 12.5 Å². The predicted molar refractivity (Wildman–Crippen MR) is 240 cm³/mol. The van der Waals surface area contributed by atoms with Crippen LogP contribution in [0.15, 0.2) is 127 Å². The molecule has 8 aromatic carbocycles. The van der Waals surface area contributed by atoms with E-state index < -0.39 is 195 Å². The Morgan fingerprint density at radius 2 is 0.532 bits per heavy atom. The second kappa shape index (κ2) is 19.4.